The van der Waals surface area contributed by atoms with Gasteiger partial charge in [0, 0.05) is 28.1 Å². The Labute approximate surface area is 104 Å². The Morgan fingerprint density at radius 2 is 2.12 bits per heavy atom. The molecule has 1 aromatic rings. The fourth-order valence-electron chi connectivity index (χ4n) is 1.16. The van der Waals surface area contributed by atoms with Gasteiger partial charge in [-0.25, -0.2) is 8.42 Å². The van der Waals surface area contributed by atoms with Gasteiger partial charge in [0.15, 0.2) is 9.84 Å². The van der Waals surface area contributed by atoms with Gasteiger partial charge in [0.25, 0.3) is 0 Å². The smallest absolute Gasteiger partial charge is 0.151 e. The number of anilines is 2. The normalized spacial score (nSPS) is 11.4. The predicted octanol–water partition coefficient (Wildman–Crippen LogP) is 1.88. The van der Waals surface area contributed by atoms with Crippen LogP contribution in [0.5, 0.6) is 0 Å². The third kappa shape index (κ3) is 4.02. The Bertz CT molecular complexity index is 460. The molecule has 0 heterocycles. The van der Waals surface area contributed by atoms with E-state index in [1.54, 1.807) is 19.1 Å². The molecule has 0 atom stereocenters. The summed E-state index contributed by atoms with van der Waals surface area (Å²) < 4.78 is 23.3. The molecule has 0 saturated carbocycles. The molecular formula is C10H15BrN2O2S. The van der Waals surface area contributed by atoms with Crippen LogP contribution in [0.2, 0.25) is 0 Å². The van der Waals surface area contributed by atoms with Crippen LogP contribution >= 0.6 is 15.9 Å². The van der Waals surface area contributed by atoms with Crippen LogP contribution in [0.15, 0.2) is 22.7 Å². The monoisotopic (exact) mass is 306 g/mol. The van der Waals surface area contributed by atoms with Crippen molar-refractivity contribution in [2.24, 2.45) is 0 Å². The third-order valence-electron chi connectivity index (χ3n) is 2.16. The maximum atomic E-state index is 11.3. The first-order chi connectivity index (χ1) is 7.44. The lowest BCUT2D eigenvalue weighted by Crippen LogP contribution is -2.17. The number of nitrogen functional groups attached to an aromatic ring is 1. The minimum Gasteiger partial charge on any atom is -0.399 e. The maximum Gasteiger partial charge on any atom is 0.151 e. The molecule has 1 rings (SSSR count). The summed E-state index contributed by atoms with van der Waals surface area (Å²) in [6.45, 7) is 2.05. The average molecular weight is 307 g/mol. The highest BCUT2D eigenvalue weighted by Gasteiger charge is 2.07. The zero-order valence-electron chi connectivity index (χ0n) is 9.03. The molecule has 0 saturated heterocycles. The molecule has 16 heavy (non-hydrogen) atoms. The van der Waals surface area contributed by atoms with Gasteiger partial charge in [-0.3, -0.25) is 0 Å². The first kappa shape index (κ1) is 13.3. The molecule has 0 radical (unpaired) electrons. The van der Waals surface area contributed by atoms with Crippen molar-refractivity contribution in [3.8, 4) is 0 Å². The van der Waals surface area contributed by atoms with E-state index in [4.69, 9.17) is 5.73 Å². The summed E-state index contributed by atoms with van der Waals surface area (Å²) >= 11 is 3.35. The fraction of sp³-hybridized carbons (Fsp3) is 0.400. The van der Waals surface area contributed by atoms with E-state index in [1.807, 2.05) is 6.07 Å². The van der Waals surface area contributed by atoms with Crippen LogP contribution in [0.3, 0.4) is 0 Å². The number of hydrogen-bond acceptors (Lipinski definition) is 4. The Morgan fingerprint density at radius 3 is 2.69 bits per heavy atom. The number of nitrogens with one attached hydrogen (secondary N) is 1. The molecule has 0 fully saturated rings. The number of nitrogens with two attached hydrogens (primary N) is 1. The second-order valence-electron chi connectivity index (χ2n) is 3.40. The van der Waals surface area contributed by atoms with Gasteiger partial charge in [-0.05, 0) is 34.1 Å². The van der Waals surface area contributed by atoms with Crippen molar-refractivity contribution in [1.82, 2.24) is 0 Å². The van der Waals surface area contributed by atoms with Crippen LogP contribution in [0, 0.1) is 0 Å². The van der Waals surface area contributed by atoms with Crippen molar-refractivity contribution in [2.75, 3.05) is 29.1 Å². The van der Waals surface area contributed by atoms with Crippen LogP contribution in [0.1, 0.15) is 6.92 Å². The number of sulfone groups is 1. The highest BCUT2D eigenvalue weighted by atomic mass is 79.9. The van der Waals surface area contributed by atoms with Gasteiger partial charge < -0.3 is 11.1 Å². The van der Waals surface area contributed by atoms with Crippen LogP contribution in [-0.4, -0.2) is 26.5 Å². The minimum absolute atomic E-state index is 0.139. The topological polar surface area (TPSA) is 72.2 Å². The molecule has 0 bridgehead atoms. The molecule has 3 N–H and O–H groups in total. The largest absolute Gasteiger partial charge is 0.399 e. The van der Waals surface area contributed by atoms with Gasteiger partial charge in [-0.15, -0.1) is 0 Å². The zero-order valence-corrected chi connectivity index (χ0v) is 11.4. The zero-order chi connectivity index (χ0) is 12.2. The van der Waals surface area contributed by atoms with Crippen molar-refractivity contribution < 1.29 is 8.42 Å². The summed E-state index contributed by atoms with van der Waals surface area (Å²) in [7, 11) is -2.91. The lowest BCUT2D eigenvalue weighted by atomic mass is 10.3. The van der Waals surface area contributed by atoms with Crippen molar-refractivity contribution >= 4 is 37.1 Å². The molecule has 1 aromatic carbocycles. The molecule has 90 valence electrons. The Morgan fingerprint density at radius 1 is 1.44 bits per heavy atom. The average Bonchev–Trinajstić information content (AvgIpc) is 2.21. The van der Waals surface area contributed by atoms with Crippen molar-refractivity contribution in [3.63, 3.8) is 0 Å². The maximum absolute atomic E-state index is 11.3. The second kappa shape index (κ2) is 5.54. The van der Waals surface area contributed by atoms with E-state index >= 15 is 0 Å². The van der Waals surface area contributed by atoms with Gasteiger partial charge in [-0.2, -0.15) is 0 Å². The number of halogens is 1. The van der Waals surface area contributed by atoms with Crippen LogP contribution < -0.4 is 11.1 Å². The first-order valence-corrected chi connectivity index (χ1v) is 7.55. The van der Waals surface area contributed by atoms with E-state index in [0.29, 0.717) is 12.2 Å². The number of hydrogen-bond donors (Lipinski definition) is 2. The van der Waals surface area contributed by atoms with E-state index in [0.717, 1.165) is 10.2 Å². The summed E-state index contributed by atoms with van der Waals surface area (Å²) in [5.41, 5.74) is 7.11. The summed E-state index contributed by atoms with van der Waals surface area (Å²) in [4.78, 5) is 0. The highest BCUT2D eigenvalue weighted by molar-refractivity contribution is 9.10. The predicted molar refractivity (Wildman–Crippen MR) is 71.4 cm³/mol. The standard InChI is InChI=1S/C10H15BrN2O2S/c1-2-16(14,15)6-5-13-10-4-3-8(12)7-9(10)11/h3-4,7,13H,2,5-6,12H2,1H3. The lowest BCUT2D eigenvalue weighted by Gasteiger charge is -2.08. The Kier molecular flexibility index (Phi) is 4.61. The summed E-state index contributed by atoms with van der Waals surface area (Å²) in [5, 5.41) is 3.05. The minimum atomic E-state index is -2.91. The molecule has 4 nitrogen and oxygen atoms in total. The van der Waals surface area contributed by atoms with Crippen LogP contribution in [0.25, 0.3) is 0 Å². The van der Waals surface area contributed by atoms with Crippen molar-refractivity contribution in [1.29, 1.82) is 0 Å². The molecule has 0 aliphatic carbocycles. The van der Waals surface area contributed by atoms with Crippen LogP contribution in [0.4, 0.5) is 11.4 Å². The molecular weight excluding hydrogens is 292 g/mol. The highest BCUT2D eigenvalue weighted by Crippen LogP contribution is 2.24. The van der Waals surface area contributed by atoms with Gasteiger partial charge in [0.05, 0.1) is 5.75 Å². The summed E-state index contributed by atoms with van der Waals surface area (Å²) in [6.07, 6.45) is 0. The number of rotatable bonds is 5. The Hall–Kier alpha value is -0.750. The SMILES string of the molecule is CCS(=O)(=O)CCNc1ccc(N)cc1Br. The van der Waals surface area contributed by atoms with E-state index < -0.39 is 9.84 Å². The van der Waals surface area contributed by atoms with Gasteiger partial charge in [0.1, 0.15) is 0 Å². The molecule has 6 heteroatoms. The van der Waals surface area contributed by atoms with E-state index in [2.05, 4.69) is 21.2 Å². The quantitative estimate of drug-likeness (QED) is 0.815. The molecule has 0 amide bonds. The van der Waals surface area contributed by atoms with E-state index in [1.165, 1.54) is 0 Å². The summed E-state index contributed by atoms with van der Waals surface area (Å²) in [5.74, 6) is 0.317. The second-order valence-corrected chi connectivity index (χ2v) is 6.73. The van der Waals surface area contributed by atoms with E-state index in [-0.39, 0.29) is 11.5 Å². The fourth-order valence-corrected chi connectivity index (χ4v) is 2.40. The summed E-state index contributed by atoms with van der Waals surface area (Å²) in [6, 6.07) is 5.36. The van der Waals surface area contributed by atoms with Crippen LogP contribution in [-0.2, 0) is 9.84 Å². The Balaban J connectivity index is 2.56. The lowest BCUT2D eigenvalue weighted by molar-refractivity contribution is 0.597. The number of benzene rings is 1. The molecule has 0 unspecified atom stereocenters. The molecule has 0 aromatic heterocycles. The first-order valence-electron chi connectivity index (χ1n) is 4.94. The van der Waals surface area contributed by atoms with Gasteiger partial charge in [-0.1, -0.05) is 6.92 Å². The molecule has 0 spiro atoms. The third-order valence-corrected chi connectivity index (χ3v) is 4.52. The molecule has 0 aliphatic rings. The van der Waals surface area contributed by atoms with Crippen molar-refractivity contribution in [2.45, 2.75) is 6.92 Å². The van der Waals surface area contributed by atoms with Crippen molar-refractivity contribution in [3.05, 3.63) is 22.7 Å². The molecule has 0 aliphatic heterocycles. The van der Waals surface area contributed by atoms with E-state index in [9.17, 15) is 8.42 Å². The van der Waals surface area contributed by atoms with Gasteiger partial charge >= 0.3 is 0 Å². The van der Waals surface area contributed by atoms with Gasteiger partial charge in [0.2, 0.25) is 0 Å².